The number of nitrogens with one attached hydrogen (secondary N) is 2. The molecule has 2 aliphatic rings. The van der Waals surface area contributed by atoms with E-state index in [0.29, 0.717) is 25.2 Å². The number of amides is 1. The number of ketones is 1. The number of benzene rings is 2. The van der Waals surface area contributed by atoms with Gasteiger partial charge >= 0.3 is 0 Å². The summed E-state index contributed by atoms with van der Waals surface area (Å²) < 4.78 is 0. The topological polar surface area (TPSA) is 85.4 Å². The summed E-state index contributed by atoms with van der Waals surface area (Å²) >= 11 is 0. The fourth-order valence-electron chi connectivity index (χ4n) is 6.40. The van der Waals surface area contributed by atoms with Gasteiger partial charge in [-0.1, -0.05) is 75.8 Å². The lowest BCUT2D eigenvalue weighted by molar-refractivity contribution is -0.123. The van der Waals surface area contributed by atoms with Crippen LogP contribution in [0.3, 0.4) is 0 Å². The summed E-state index contributed by atoms with van der Waals surface area (Å²) in [5.41, 5.74) is 4.74. The minimum Gasteiger partial charge on any atom is -0.394 e. The molecule has 2 atom stereocenters. The van der Waals surface area contributed by atoms with Gasteiger partial charge in [0.1, 0.15) is 6.04 Å². The van der Waals surface area contributed by atoms with Crippen molar-refractivity contribution in [3.8, 4) is 0 Å². The Labute approximate surface area is 225 Å². The van der Waals surface area contributed by atoms with Crippen molar-refractivity contribution in [1.29, 1.82) is 0 Å². The first-order valence-corrected chi connectivity index (χ1v) is 14.5. The van der Waals surface area contributed by atoms with Crippen LogP contribution < -0.4 is 10.2 Å². The van der Waals surface area contributed by atoms with Gasteiger partial charge < -0.3 is 20.3 Å². The number of H-pyrrole nitrogens is 1. The number of nitrogens with zero attached hydrogens (tertiary/aromatic N) is 1. The van der Waals surface area contributed by atoms with Gasteiger partial charge in [-0.05, 0) is 42.0 Å². The predicted molar refractivity (Wildman–Crippen MR) is 153 cm³/mol. The second-order valence-electron chi connectivity index (χ2n) is 11.2. The van der Waals surface area contributed by atoms with Crippen LogP contribution in [0, 0.1) is 5.92 Å². The van der Waals surface area contributed by atoms with Gasteiger partial charge in [0.15, 0.2) is 5.78 Å². The van der Waals surface area contributed by atoms with E-state index in [1.165, 1.54) is 12.8 Å². The van der Waals surface area contributed by atoms with Gasteiger partial charge in [0, 0.05) is 42.2 Å². The average Bonchev–Trinajstić information content (AvgIpc) is 3.60. The highest BCUT2D eigenvalue weighted by Gasteiger charge is 2.33. The number of carbonyl (C=O) groups excluding carboxylic acids is 2. The monoisotopic (exact) mass is 515 g/mol. The van der Waals surface area contributed by atoms with Gasteiger partial charge in [0.2, 0.25) is 5.91 Å². The summed E-state index contributed by atoms with van der Waals surface area (Å²) in [6.07, 6.45) is 11.5. The molecule has 0 unspecified atom stereocenters. The molecule has 0 bridgehead atoms. The molecule has 6 nitrogen and oxygen atoms in total. The zero-order valence-corrected chi connectivity index (χ0v) is 22.5. The molecule has 2 heterocycles. The first-order valence-electron chi connectivity index (χ1n) is 14.5. The zero-order valence-electron chi connectivity index (χ0n) is 22.5. The Morgan fingerprint density at radius 2 is 1.87 bits per heavy atom. The van der Waals surface area contributed by atoms with Gasteiger partial charge in [-0.3, -0.25) is 9.59 Å². The number of hydrogen-bond donors (Lipinski definition) is 3. The van der Waals surface area contributed by atoms with Crippen molar-refractivity contribution < 1.29 is 14.7 Å². The molecule has 0 saturated heterocycles. The van der Waals surface area contributed by atoms with Gasteiger partial charge in [-0.2, -0.15) is 0 Å². The highest BCUT2D eigenvalue weighted by molar-refractivity contribution is 6.11. The lowest BCUT2D eigenvalue weighted by atomic mass is 9.94. The van der Waals surface area contributed by atoms with E-state index >= 15 is 0 Å². The van der Waals surface area contributed by atoms with Crippen LogP contribution in [0.25, 0.3) is 10.9 Å². The van der Waals surface area contributed by atoms with E-state index in [0.717, 1.165) is 71.9 Å². The van der Waals surface area contributed by atoms with Crippen molar-refractivity contribution in [3.05, 3.63) is 65.4 Å². The van der Waals surface area contributed by atoms with Crippen LogP contribution in [0.4, 0.5) is 5.69 Å². The van der Waals surface area contributed by atoms with Crippen molar-refractivity contribution in [2.75, 3.05) is 18.1 Å². The fraction of sp³-hybridized carbons (Fsp3) is 0.500. The number of aromatic amines is 1. The smallest absolute Gasteiger partial charge is 0.243 e. The zero-order chi connectivity index (χ0) is 26.5. The average molecular weight is 516 g/mol. The number of aliphatic hydroxyl groups excluding tert-OH is 1. The number of carbonyl (C=O) groups is 2. The van der Waals surface area contributed by atoms with E-state index in [1.54, 1.807) is 0 Å². The second kappa shape index (κ2) is 12.2. The van der Waals surface area contributed by atoms with Gasteiger partial charge in [-0.25, -0.2) is 0 Å². The molecule has 3 aromatic rings. The normalized spacial score (nSPS) is 20.3. The molecule has 1 aliphatic heterocycles. The van der Waals surface area contributed by atoms with Crippen LogP contribution >= 0.6 is 0 Å². The molecule has 1 aromatic heterocycles. The minimum absolute atomic E-state index is 0.0620. The van der Waals surface area contributed by atoms with E-state index in [9.17, 15) is 14.7 Å². The molecular weight excluding hydrogens is 474 g/mol. The summed E-state index contributed by atoms with van der Waals surface area (Å²) in [5.74, 6) is 0.617. The summed E-state index contributed by atoms with van der Waals surface area (Å²) in [5, 5.41) is 14.3. The van der Waals surface area contributed by atoms with Crippen molar-refractivity contribution in [2.24, 2.45) is 5.92 Å². The molecule has 38 heavy (non-hydrogen) atoms. The molecular formula is C32H41N3O3. The molecule has 3 N–H and O–H groups in total. The molecule has 1 aliphatic carbocycles. The third kappa shape index (κ3) is 5.65. The van der Waals surface area contributed by atoms with Gasteiger partial charge in [0.25, 0.3) is 0 Å². The van der Waals surface area contributed by atoms with E-state index in [1.807, 2.05) is 30.5 Å². The summed E-state index contributed by atoms with van der Waals surface area (Å²) in [7, 11) is 0. The molecule has 6 heteroatoms. The number of hydrogen-bond acceptors (Lipinski definition) is 4. The second-order valence-corrected chi connectivity index (χ2v) is 11.2. The number of unbranched alkanes of at least 4 members (excludes halogenated alkanes) is 2. The summed E-state index contributed by atoms with van der Waals surface area (Å²) in [6.45, 7) is 2.80. The van der Waals surface area contributed by atoms with Crippen molar-refractivity contribution >= 4 is 28.3 Å². The number of rotatable bonds is 10. The minimum atomic E-state index is -0.424. The van der Waals surface area contributed by atoms with Crippen LogP contribution in [0.15, 0.2) is 48.7 Å². The Balaban J connectivity index is 1.61. The number of anilines is 1. The highest BCUT2D eigenvalue weighted by atomic mass is 16.3. The maximum atomic E-state index is 13.8. The van der Waals surface area contributed by atoms with Crippen molar-refractivity contribution in [2.45, 2.75) is 83.2 Å². The van der Waals surface area contributed by atoms with Crippen LogP contribution in [0.5, 0.6) is 0 Å². The van der Waals surface area contributed by atoms with E-state index < -0.39 is 6.04 Å². The molecule has 1 amide bonds. The molecule has 1 saturated carbocycles. The molecule has 2 aromatic carbocycles. The molecule has 0 radical (unpaired) electrons. The molecule has 202 valence electrons. The fourth-order valence-corrected chi connectivity index (χ4v) is 6.40. The Hall–Kier alpha value is -3.12. The predicted octanol–water partition coefficient (Wildman–Crippen LogP) is 5.57. The van der Waals surface area contributed by atoms with Gasteiger partial charge in [0.05, 0.1) is 18.2 Å². The van der Waals surface area contributed by atoms with E-state index in [-0.39, 0.29) is 24.3 Å². The Bertz CT molecular complexity index is 1250. The molecule has 0 spiro atoms. The maximum absolute atomic E-state index is 13.8. The Kier molecular flexibility index (Phi) is 8.48. The quantitative estimate of drug-likeness (QED) is 0.243. The summed E-state index contributed by atoms with van der Waals surface area (Å²) in [6, 6.07) is 13.4. The van der Waals surface area contributed by atoms with Crippen molar-refractivity contribution in [1.82, 2.24) is 10.3 Å². The molecule has 1 fully saturated rings. The highest BCUT2D eigenvalue weighted by Crippen LogP contribution is 2.37. The first-order chi connectivity index (χ1) is 18.6. The summed E-state index contributed by atoms with van der Waals surface area (Å²) in [4.78, 5) is 33.0. The SMILES string of the molecule is CCCCCN1c2ccc(C(=O)CC3CCCC3)c3[nH]cc(c23)C[C@@H](CO)NC(=O)[C@@H]1Cc1ccccc1. The Morgan fingerprint density at radius 3 is 2.61 bits per heavy atom. The Morgan fingerprint density at radius 1 is 1.08 bits per heavy atom. The number of aromatic nitrogens is 1. The third-order valence-corrected chi connectivity index (χ3v) is 8.44. The van der Waals surface area contributed by atoms with Crippen LogP contribution in [-0.2, 0) is 17.6 Å². The van der Waals surface area contributed by atoms with E-state index in [2.05, 4.69) is 40.3 Å². The lowest BCUT2D eigenvalue weighted by Crippen LogP contribution is -2.52. The number of aliphatic hydroxyl groups is 1. The van der Waals surface area contributed by atoms with E-state index in [4.69, 9.17) is 0 Å². The van der Waals surface area contributed by atoms with Crippen LogP contribution in [-0.4, -0.2) is 47.0 Å². The number of Topliss-reactive ketones (excluding diaryl/α,β-unsaturated/α-hetero) is 1. The first kappa shape index (κ1) is 26.5. The van der Waals surface area contributed by atoms with Crippen LogP contribution in [0.2, 0.25) is 0 Å². The van der Waals surface area contributed by atoms with Gasteiger partial charge in [-0.15, -0.1) is 0 Å². The maximum Gasteiger partial charge on any atom is 0.243 e. The largest absolute Gasteiger partial charge is 0.394 e. The van der Waals surface area contributed by atoms with Crippen LogP contribution in [0.1, 0.15) is 79.8 Å². The third-order valence-electron chi connectivity index (χ3n) is 8.44. The van der Waals surface area contributed by atoms with Crippen molar-refractivity contribution in [3.63, 3.8) is 0 Å². The lowest BCUT2D eigenvalue weighted by Gasteiger charge is -2.34. The molecule has 5 rings (SSSR count). The standard InChI is InChI=1S/C32H41N3O3/c1-2-3-9-16-35-27-15-14-26(29(37)18-23-12-7-8-13-23)31-30(27)24(20-33-31)19-25(21-36)34-32(38)28(35)17-22-10-5-4-6-11-22/h4-6,10-11,14-15,20,23,25,28,33,36H,2-3,7-9,12-13,16-19,21H2,1H3,(H,34,38)/t25-,28-/m0/s1.